The number of amides is 1. The van der Waals surface area contributed by atoms with Crippen LogP contribution in [0.1, 0.15) is 28.7 Å². The van der Waals surface area contributed by atoms with Crippen LogP contribution in [0.2, 0.25) is 0 Å². The van der Waals surface area contributed by atoms with Gasteiger partial charge in [-0.05, 0) is 48.4 Å². The first-order valence-electron chi connectivity index (χ1n) is 9.80. The molecule has 0 radical (unpaired) electrons. The number of aromatic nitrogens is 3. The minimum atomic E-state index is -4.68. The number of carbonyl (C=O) groups is 1. The van der Waals surface area contributed by atoms with Crippen LogP contribution in [0.15, 0.2) is 60.8 Å². The molecule has 0 bridgehead atoms. The number of rotatable bonds is 5. The lowest BCUT2D eigenvalue weighted by atomic mass is 10.1. The minimum absolute atomic E-state index is 0.143. The van der Waals surface area contributed by atoms with Gasteiger partial charge in [-0.15, -0.1) is 0 Å². The molecule has 0 aliphatic carbocycles. The summed E-state index contributed by atoms with van der Waals surface area (Å²) in [4.78, 5) is 20.3. The van der Waals surface area contributed by atoms with Crippen molar-refractivity contribution in [1.82, 2.24) is 14.5 Å². The molecule has 1 N–H and O–H groups in total. The fourth-order valence-corrected chi connectivity index (χ4v) is 3.31. The van der Waals surface area contributed by atoms with E-state index in [1.807, 2.05) is 19.1 Å². The second-order valence-corrected chi connectivity index (χ2v) is 7.03. The van der Waals surface area contributed by atoms with Crippen molar-refractivity contribution in [3.8, 4) is 11.4 Å². The van der Waals surface area contributed by atoms with Crippen molar-refractivity contribution >= 4 is 22.8 Å². The summed E-state index contributed by atoms with van der Waals surface area (Å²) < 4.78 is 47.0. The highest BCUT2D eigenvalue weighted by Gasteiger charge is 2.38. The average Bonchev–Trinajstić information content (AvgIpc) is 3.19. The number of nitrogens with one attached hydrogen (secondary N) is 1. The number of benzene rings is 2. The standard InChI is InChI=1S/C23H19F3N4O2/c1-3-14-4-6-15(7-5-14)21(31)29-20-11-8-16(13-27-20)30-19-10-9-17(32-2)12-18(19)28-22(30)23(24,25)26/h4-13H,3H2,1-2H3,(H,27,29,31). The highest BCUT2D eigenvalue weighted by atomic mass is 19.4. The SMILES string of the molecule is CCc1ccc(C(=O)Nc2ccc(-n3c(C(F)(F)F)nc4cc(OC)ccc43)cn2)cc1. The van der Waals surface area contributed by atoms with Gasteiger partial charge in [0.25, 0.3) is 5.91 Å². The van der Waals surface area contributed by atoms with Crippen molar-refractivity contribution in [2.75, 3.05) is 12.4 Å². The predicted molar refractivity (Wildman–Crippen MR) is 114 cm³/mol. The summed E-state index contributed by atoms with van der Waals surface area (Å²) in [6, 6.07) is 14.6. The third-order valence-corrected chi connectivity index (χ3v) is 4.99. The number of pyridine rings is 1. The van der Waals surface area contributed by atoms with Gasteiger partial charge in [-0.1, -0.05) is 19.1 Å². The molecule has 0 spiro atoms. The molecule has 4 rings (SSSR count). The molecule has 0 aliphatic heterocycles. The Bertz CT molecular complexity index is 1260. The molecule has 0 fully saturated rings. The molecule has 2 aromatic heterocycles. The number of nitrogens with zero attached hydrogens (tertiary/aromatic N) is 3. The molecule has 9 heteroatoms. The van der Waals surface area contributed by atoms with Crippen molar-refractivity contribution in [2.24, 2.45) is 0 Å². The van der Waals surface area contributed by atoms with E-state index in [0.29, 0.717) is 11.3 Å². The van der Waals surface area contributed by atoms with E-state index in [2.05, 4.69) is 15.3 Å². The van der Waals surface area contributed by atoms with E-state index in [-0.39, 0.29) is 28.4 Å². The lowest BCUT2D eigenvalue weighted by molar-refractivity contribution is -0.145. The zero-order valence-corrected chi connectivity index (χ0v) is 17.3. The van der Waals surface area contributed by atoms with E-state index in [1.54, 1.807) is 18.2 Å². The van der Waals surface area contributed by atoms with Crippen LogP contribution >= 0.6 is 0 Å². The van der Waals surface area contributed by atoms with Gasteiger partial charge in [0.1, 0.15) is 11.6 Å². The van der Waals surface area contributed by atoms with Crippen LogP contribution in [0, 0.1) is 0 Å². The van der Waals surface area contributed by atoms with E-state index in [9.17, 15) is 18.0 Å². The Morgan fingerprint density at radius 1 is 1.09 bits per heavy atom. The van der Waals surface area contributed by atoms with Crippen molar-refractivity contribution in [1.29, 1.82) is 0 Å². The summed E-state index contributed by atoms with van der Waals surface area (Å²) >= 11 is 0. The van der Waals surface area contributed by atoms with Crippen molar-refractivity contribution in [2.45, 2.75) is 19.5 Å². The molecule has 6 nitrogen and oxygen atoms in total. The predicted octanol–water partition coefficient (Wildman–Crippen LogP) is 5.26. The van der Waals surface area contributed by atoms with Gasteiger partial charge in [0.05, 0.1) is 30.0 Å². The van der Waals surface area contributed by atoms with Gasteiger partial charge in [0.2, 0.25) is 5.82 Å². The topological polar surface area (TPSA) is 69.0 Å². The number of methoxy groups -OCH3 is 1. The number of imidazole rings is 1. The fourth-order valence-electron chi connectivity index (χ4n) is 3.31. The first-order valence-corrected chi connectivity index (χ1v) is 9.80. The summed E-state index contributed by atoms with van der Waals surface area (Å²) in [5, 5.41) is 2.65. The molecule has 4 aromatic rings. The molecule has 0 saturated carbocycles. The molecule has 164 valence electrons. The van der Waals surface area contributed by atoms with Gasteiger partial charge in [0.15, 0.2) is 0 Å². The van der Waals surface area contributed by atoms with Crippen LogP contribution in [-0.2, 0) is 12.6 Å². The zero-order valence-electron chi connectivity index (χ0n) is 17.3. The Morgan fingerprint density at radius 2 is 1.84 bits per heavy atom. The number of carbonyl (C=O) groups excluding carboxylic acids is 1. The lowest BCUT2D eigenvalue weighted by Gasteiger charge is -2.12. The van der Waals surface area contributed by atoms with E-state index in [0.717, 1.165) is 16.6 Å². The maximum Gasteiger partial charge on any atom is 0.450 e. The molecular formula is C23H19F3N4O2. The Balaban J connectivity index is 1.65. The van der Waals surface area contributed by atoms with Gasteiger partial charge in [-0.3, -0.25) is 9.36 Å². The van der Waals surface area contributed by atoms with Gasteiger partial charge in [-0.2, -0.15) is 13.2 Å². The number of halogens is 3. The number of fused-ring (bicyclic) bond motifs is 1. The second kappa shape index (κ2) is 8.33. The zero-order chi connectivity index (χ0) is 22.9. The molecular weight excluding hydrogens is 421 g/mol. The van der Waals surface area contributed by atoms with Crippen LogP contribution in [-0.4, -0.2) is 27.6 Å². The first-order chi connectivity index (χ1) is 15.3. The van der Waals surface area contributed by atoms with Crippen LogP contribution in [0.25, 0.3) is 16.7 Å². The smallest absolute Gasteiger partial charge is 0.450 e. The van der Waals surface area contributed by atoms with Gasteiger partial charge < -0.3 is 10.1 Å². The van der Waals surface area contributed by atoms with Crippen molar-refractivity contribution in [3.63, 3.8) is 0 Å². The summed E-state index contributed by atoms with van der Waals surface area (Å²) in [7, 11) is 1.43. The quantitative estimate of drug-likeness (QED) is 0.460. The van der Waals surface area contributed by atoms with E-state index in [1.165, 1.54) is 37.6 Å². The van der Waals surface area contributed by atoms with Crippen molar-refractivity contribution in [3.05, 3.63) is 77.7 Å². The van der Waals surface area contributed by atoms with E-state index in [4.69, 9.17) is 4.74 Å². The summed E-state index contributed by atoms with van der Waals surface area (Å²) in [5.74, 6) is -0.809. The van der Waals surface area contributed by atoms with Gasteiger partial charge in [-0.25, -0.2) is 9.97 Å². The Hall–Kier alpha value is -3.88. The number of hydrogen-bond acceptors (Lipinski definition) is 4. The molecule has 2 aromatic carbocycles. The van der Waals surface area contributed by atoms with Crippen LogP contribution in [0.3, 0.4) is 0 Å². The molecule has 0 atom stereocenters. The monoisotopic (exact) mass is 440 g/mol. The number of alkyl halides is 3. The third kappa shape index (κ3) is 4.14. The van der Waals surface area contributed by atoms with Crippen LogP contribution < -0.4 is 10.1 Å². The normalized spacial score (nSPS) is 11.5. The molecule has 32 heavy (non-hydrogen) atoms. The number of anilines is 1. The maximum atomic E-state index is 13.7. The molecule has 0 aliphatic rings. The number of aryl methyl sites for hydroxylation is 1. The van der Waals surface area contributed by atoms with Crippen LogP contribution in [0.4, 0.5) is 19.0 Å². The fraction of sp³-hybridized carbons (Fsp3) is 0.174. The highest BCUT2D eigenvalue weighted by Crippen LogP contribution is 2.34. The third-order valence-electron chi connectivity index (χ3n) is 4.99. The maximum absolute atomic E-state index is 13.7. The van der Waals surface area contributed by atoms with Gasteiger partial charge in [0, 0.05) is 11.6 Å². The lowest BCUT2D eigenvalue weighted by Crippen LogP contribution is -2.15. The molecule has 2 heterocycles. The largest absolute Gasteiger partial charge is 0.497 e. The Labute approximate surface area is 181 Å². The average molecular weight is 440 g/mol. The molecule has 1 amide bonds. The summed E-state index contributed by atoms with van der Waals surface area (Å²) in [5.41, 5.74) is 2.13. The van der Waals surface area contributed by atoms with Gasteiger partial charge >= 0.3 is 6.18 Å². The van der Waals surface area contributed by atoms with E-state index < -0.39 is 12.0 Å². The Morgan fingerprint density at radius 3 is 2.44 bits per heavy atom. The second-order valence-electron chi connectivity index (χ2n) is 7.03. The summed E-state index contributed by atoms with van der Waals surface area (Å²) in [6.45, 7) is 2.02. The molecule has 0 unspecified atom stereocenters. The number of hydrogen-bond donors (Lipinski definition) is 1. The Kier molecular flexibility index (Phi) is 5.56. The summed E-state index contributed by atoms with van der Waals surface area (Å²) in [6.07, 6.45) is -2.55. The highest BCUT2D eigenvalue weighted by molar-refractivity contribution is 6.03. The molecule has 0 saturated heterocycles. The number of ether oxygens (including phenoxy) is 1. The van der Waals surface area contributed by atoms with Crippen LogP contribution in [0.5, 0.6) is 5.75 Å². The first kappa shape index (κ1) is 21.4. The van der Waals surface area contributed by atoms with E-state index >= 15 is 0 Å². The van der Waals surface area contributed by atoms with Crippen molar-refractivity contribution < 1.29 is 22.7 Å². The minimum Gasteiger partial charge on any atom is -0.497 e.